The fraction of sp³-hybridized carbons (Fsp3) is 0.333. The average molecular weight is 457 g/mol. The molecule has 1 unspecified atom stereocenters. The third kappa shape index (κ3) is 5.38. The molecule has 0 radical (unpaired) electrons. The number of aromatic nitrogens is 4. The molecule has 2 aromatic heterocycles. The highest BCUT2D eigenvalue weighted by molar-refractivity contribution is 5.60. The topological polar surface area (TPSA) is 90.7 Å². The van der Waals surface area contributed by atoms with Gasteiger partial charge in [-0.2, -0.15) is 0 Å². The Morgan fingerprint density at radius 3 is 2.41 bits per heavy atom. The van der Waals surface area contributed by atoms with Crippen LogP contribution in [0.25, 0.3) is 22.5 Å². The van der Waals surface area contributed by atoms with Gasteiger partial charge in [-0.3, -0.25) is 0 Å². The summed E-state index contributed by atoms with van der Waals surface area (Å²) in [6, 6.07) is 16.9. The van der Waals surface area contributed by atoms with Gasteiger partial charge in [0.15, 0.2) is 0 Å². The molecule has 1 aliphatic rings. The van der Waals surface area contributed by atoms with Gasteiger partial charge in [-0.25, -0.2) is 9.97 Å². The summed E-state index contributed by atoms with van der Waals surface area (Å²) in [6.45, 7) is 5.50. The first-order valence-corrected chi connectivity index (χ1v) is 12.1. The number of ether oxygens (including phenoxy) is 1. The maximum atomic E-state index is 6.01. The van der Waals surface area contributed by atoms with Crippen LogP contribution in [0.3, 0.4) is 0 Å². The molecule has 7 nitrogen and oxygen atoms in total. The highest BCUT2D eigenvalue weighted by Gasteiger charge is 2.19. The lowest BCUT2D eigenvalue weighted by atomic mass is 10.1. The molecule has 1 saturated heterocycles. The fourth-order valence-corrected chi connectivity index (χ4v) is 4.24. The number of rotatable bonds is 10. The van der Waals surface area contributed by atoms with Crippen LogP contribution in [0.4, 0.5) is 0 Å². The van der Waals surface area contributed by atoms with Gasteiger partial charge in [0.25, 0.3) is 0 Å². The van der Waals surface area contributed by atoms with E-state index in [0.29, 0.717) is 12.6 Å². The third-order valence-corrected chi connectivity index (χ3v) is 6.17. The van der Waals surface area contributed by atoms with E-state index in [1.807, 2.05) is 24.5 Å². The van der Waals surface area contributed by atoms with Crippen LogP contribution in [0.15, 0.2) is 60.9 Å². The van der Waals surface area contributed by atoms with Gasteiger partial charge in [-0.15, -0.1) is 0 Å². The molecule has 34 heavy (non-hydrogen) atoms. The quantitative estimate of drug-likeness (QED) is 0.253. The van der Waals surface area contributed by atoms with Gasteiger partial charge in [0, 0.05) is 0 Å². The zero-order chi connectivity index (χ0) is 23.2. The summed E-state index contributed by atoms with van der Waals surface area (Å²) in [5.74, 6) is 2.83. The van der Waals surface area contributed by atoms with Gasteiger partial charge in [0.05, 0.1) is 36.4 Å². The Balaban J connectivity index is 1.15. The highest BCUT2D eigenvalue weighted by Crippen LogP contribution is 2.25. The minimum atomic E-state index is 0.353. The van der Waals surface area contributed by atoms with Gasteiger partial charge in [-0.05, 0) is 73.3 Å². The van der Waals surface area contributed by atoms with Crippen LogP contribution >= 0.6 is 0 Å². The lowest BCUT2D eigenvalue weighted by Gasteiger charge is -2.08. The third-order valence-electron chi connectivity index (χ3n) is 6.17. The summed E-state index contributed by atoms with van der Waals surface area (Å²) < 4.78 is 6.01. The molecule has 1 aliphatic heterocycles. The molecular formula is C27H32N6O. The Kier molecular flexibility index (Phi) is 7.02. The molecule has 0 bridgehead atoms. The monoisotopic (exact) mass is 456 g/mol. The maximum absolute atomic E-state index is 6.01. The fourth-order valence-electron chi connectivity index (χ4n) is 4.24. The molecule has 0 spiro atoms. The molecule has 1 fully saturated rings. The van der Waals surface area contributed by atoms with Crippen LogP contribution in [0, 0.1) is 0 Å². The summed E-state index contributed by atoms with van der Waals surface area (Å²) in [6.07, 6.45) is 7.27. The van der Waals surface area contributed by atoms with Crippen LogP contribution in [-0.4, -0.2) is 33.0 Å². The van der Waals surface area contributed by atoms with Crippen molar-refractivity contribution in [3.63, 3.8) is 0 Å². The molecule has 5 rings (SSSR count). The van der Waals surface area contributed by atoms with E-state index in [1.54, 1.807) is 0 Å². The van der Waals surface area contributed by atoms with E-state index >= 15 is 0 Å². The predicted molar refractivity (Wildman–Crippen MR) is 134 cm³/mol. The molecule has 7 heteroatoms. The molecule has 1 atom stereocenters. The second-order valence-electron chi connectivity index (χ2n) is 8.76. The summed E-state index contributed by atoms with van der Waals surface area (Å²) >= 11 is 0. The smallest absolute Gasteiger partial charge is 0.123 e. The minimum Gasteiger partial charge on any atom is -0.489 e. The summed E-state index contributed by atoms with van der Waals surface area (Å²) in [5, 5.41) is 6.85. The van der Waals surface area contributed by atoms with Crippen LogP contribution in [-0.2, 0) is 13.2 Å². The zero-order valence-corrected chi connectivity index (χ0v) is 19.6. The van der Waals surface area contributed by atoms with E-state index in [-0.39, 0.29) is 0 Å². The lowest BCUT2D eigenvalue weighted by Crippen LogP contribution is -2.14. The van der Waals surface area contributed by atoms with Crippen molar-refractivity contribution in [1.82, 2.24) is 30.6 Å². The van der Waals surface area contributed by atoms with Gasteiger partial charge in [-0.1, -0.05) is 31.2 Å². The summed E-state index contributed by atoms with van der Waals surface area (Å²) in [5.41, 5.74) is 5.42. The minimum absolute atomic E-state index is 0.353. The van der Waals surface area contributed by atoms with E-state index in [4.69, 9.17) is 4.74 Å². The first-order chi connectivity index (χ1) is 16.8. The van der Waals surface area contributed by atoms with Crippen LogP contribution in [0.2, 0.25) is 0 Å². The Labute approximate surface area is 200 Å². The molecule has 4 N–H and O–H groups in total. The molecule has 3 heterocycles. The number of imidazole rings is 2. The van der Waals surface area contributed by atoms with Crippen LogP contribution in [0.5, 0.6) is 5.75 Å². The van der Waals surface area contributed by atoms with Crippen molar-refractivity contribution in [2.45, 2.75) is 45.4 Å². The standard InChI is InChI=1S/C27H32N6O/c1-2-13-28-17-26-30-15-24(32-26)21-9-11-22(12-10-21)34-18-19-5-7-20(8-6-19)25-16-31-27(33-25)23-4-3-14-29-23/h5-12,15-16,23,28-29H,2-4,13-14,17-18H2,1H3,(H,30,32)(H,31,33). The van der Waals surface area contributed by atoms with Gasteiger partial charge in [0.2, 0.25) is 0 Å². The Hall–Kier alpha value is -3.42. The molecule has 4 aromatic rings. The first-order valence-electron chi connectivity index (χ1n) is 12.1. The number of hydrogen-bond acceptors (Lipinski definition) is 5. The van der Waals surface area contributed by atoms with Crippen molar-refractivity contribution in [3.05, 3.63) is 78.1 Å². The van der Waals surface area contributed by atoms with Crippen molar-refractivity contribution >= 4 is 0 Å². The number of aromatic amines is 2. The SMILES string of the molecule is CCCNCc1ncc(-c2ccc(OCc3ccc(-c4cnc(C5CCCN5)[nH]4)cc3)cc2)[nH]1. The van der Waals surface area contributed by atoms with Crippen molar-refractivity contribution in [1.29, 1.82) is 0 Å². The molecule has 176 valence electrons. The van der Waals surface area contributed by atoms with Crippen molar-refractivity contribution in [2.24, 2.45) is 0 Å². The van der Waals surface area contributed by atoms with Crippen molar-refractivity contribution < 1.29 is 4.74 Å². The number of hydrogen-bond donors (Lipinski definition) is 4. The van der Waals surface area contributed by atoms with Gasteiger partial charge in [0.1, 0.15) is 24.0 Å². The number of nitrogens with zero attached hydrogens (tertiary/aromatic N) is 2. The normalized spacial score (nSPS) is 15.6. The van der Waals surface area contributed by atoms with E-state index in [9.17, 15) is 0 Å². The van der Waals surface area contributed by atoms with Crippen LogP contribution < -0.4 is 15.4 Å². The first kappa shape index (κ1) is 22.4. The van der Waals surface area contributed by atoms with Crippen molar-refractivity contribution in [2.75, 3.05) is 13.1 Å². The Morgan fingerprint density at radius 2 is 1.68 bits per heavy atom. The van der Waals surface area contributed by atoms with Gasteiger partial charge >= 0.3 is 0 Å². The molecule has 2 aromatic carbocycles. The second kappa shape index (κ2) is 10.7. The van der Waals surface area contributed by atoms with E-state index in [2.05, 4.69) is 73.9 Å². The highest BCUT2D eigenvalue weighted by atomic mass is 16.5. The predicted octanol–water partition coefficient (Wildman–Crippen LogP) is 4.97. The number of H-pyrrole nitrogens is 2. The molecular weight excluding hydrogens is 424 g/mol. The van der Waals surface area contributed by atoms with Crippen molar-refractivity contribution in [3.8, 4) is 28.3 Å². The summed E-state index contributed by atoms with van der Waals surface area (Å²) in [4.78, 5) is 15.9. The van der Waals surface area contributed by atoms with Gasteiger partial charge < -0.3 is 25.3 Å². The number of nitrogens with one attached hydrogen (secondary N) is 4. The van der Waals surface area contributed by atoms with Crippen LogP contribution in [0.1, 0.15) is 49.4 Å². The average Bonchev–Trinajstić information content (AvgIpc) is 3.65. The molecule has 0 saturated carbocycles. The van der Waals surface area contributed by atoms with E-state index < -0.39 is 0 Å². The molecule has 0 amide bonds. The largest absolute Gasteiger partial charge is 0.489 e. The molecule has 0 aliphatic carbocycles. The van der Waals surface area contributed by atoms with E-state index in [1.165, 1.54) is 6.42 Å². The lowest BCUT2D eigenvalue weighted by molar-refractivity contribution is 0.306. The maximum Gasteiger partial charge on any atom is 0.123 e. The zero-order valence-electron chi connectivity index (χ0n) is 19.6. The second-order valence-corrected chi connectivity index (χ2v) is 8.76. The number of benzene rings is 2. The Bertz CT molecular complexity index is 1170. The van der Waals surface area contributed by atoms with E-state index in [0.717, 1.165) is 78.0 Å². The summed E-state index contributed by atoms with van der Waals surface area (Å²) in [7, 11) is 0. The Morgan fingerprint density at radius 1 is 0.941 bits per heavy atom.